The topological polar surface area (TPSA) is 54.7 Å². The molecule has 3 N–H and O–H groups in total. The van der Waals surface area contributed by atoms with Crippen molar-refractivity contribution in [1.82, 2.24) is 10.2 Å². The number of nitrogens with zero attached hydrogens (tertiary/aromatic N) is 1. The number of aromatic nitrogens is 2. The number of rotatable bonds is 2. The van der Waals surface area contributed by atoms with E-state index in [1.807, 2.05) is 0 Å². The van der Waals surface area contributed by atoms with Crippen molar-refractivity contribution in [2.24, 2.45) is 0 Å². The van der Waals surface area contributed by atoms with Gasteiger partial charge in [-0.15, -0.1) is 0 Å². The molecule has 1 unspecified atom stereocenters. The van der Waals surface area contributed by atoms with Crippen LogP contribution in [0.5, 0.6) is 0 Å². The Bertz CT molecular complexity index is 204. The Hall–Kier alpha value is -0.990. The van der Waals surface area contributed by atoms with Crippen LogP contribution >= 0.6 is 0 Å². The Morgan fingerprint density at radius 2 is 2.50 bits per heavy atom. The molecule has 0 bridgehead atoms. The Morgan fingerprint density at radius 3 is 2.90 bits per heavy atom. The van der Waals surface area contributed by atoms with Crippen molar-refractivity contribution in [3.8, 4) is 0 Å². The van der Waals surface area contributed by atoms with E-state index in [1.165, 1.54) is 0 Å². The number of aromatic amines is 1. The monoisotopic (exact) mass is 139 g/mol. The number of H-pyrrole nitrogens is 1. The van der Waals surface area contributed by atoms with Gasteiger partial charge in [0.2, 0.25) is 0 Å². The minimum absolute atomic E-state index is 0.488. The van der Waals surface area contributed by atoms with Gasteiger partial charge in [0.05, 0.1) is 17.6 Å². The highest BCUT2D eigenvalue weighted by Gasteiger charge is 2.07. The molecule has 0 saturated carbocycles. The molecule has 0 aliphatic carbocycles. The minimum Gasteiger partial charge on any atom is -0.396 e. The van der Waals surface area contributed by atoms with Gasteiger partial charge in [0.25, 0.3) is 0 Å². The van der Waals surface area contributed by atoms with E-state index >= 15 is 0 Å². The third-order valence-electron chi connectivity index (χ3n) is 1.80. The first-order valence-corrected chi connectivity index (χ1v) is 3.54. The smallest absolute Gasteiger partial charge is 0.0733 e. The molecule has 0 fully saturated rings. The average molecular weight is 139 g/mol. The maximum Gasteiger partial charge on any atom is 0.0733 e. The molecule has 1 aromatic heterocycles. The predicted octanol–water partition coefficient (Wildman–Crippen LogP) is 1.51. The molecule has 0 radical (unpaired) electrons. The Labute approximate surface area is 60.6 Å². The molecule has 3 nitrogen and oxygen atoms in total. The van der Waals surface area contributed by atoms with Crippen LogP contribution in [0.1, 0.15) is 31.9 Å². The van der Waals surface area contributed by atoms with E-state index in [4.69, 9.17) is 5.73 Å². The number of anilines is 1. The summed E-state index contributed by atoms with van der Waals surface area (Å²) in [7, 11) is 0. The molecule has 3 heteroatoms. The second-order valence-electron chi connectivity index (χ2n) is 2.55. The molecule has 0 spiro atoms. The van der Waals surface area contributed by atoms with Crippen LogP contribution in [0.4, 0.5) is 5.69 Å². The fourth-order valence-corrected chi connectivity index (χ4v) is 0.904. The summed E-state index contributed by atoms with van der Waals surface area (Å²) in [5, 5.41) is 6.72. The summed E-state index contributed by atoms with van der Waals surface area (Å²) in [6.45, 7) is 4.26. The largest absolute Gasteiger partial charge is 0.396 e. The van der Waals surface area contributed by atoms with Gasteiger partial charge in [0, 0.05) is 0 Å². The molecule has 1 rings (SSSR count). The van der Waals surface area contributed by atoms with Gasteiger partial charge < -0.3 is 5.73 Å². The fraction of sp³-hybridized carbons (Fsp3) is 0.571. The molecule has 0 amide bonds. The SMILES string of the molecule is CCC(C)c1[nH]ncc1N. The normalized spacial score (nSPS) is 13.4. The van der Waals surface area contributed by atoms with Gasteiger partial charge in [0.1, 0.15) is 0 Å². The summed E-state index contributed by atoms with van der Waals surface area (Å²) < 4.78 is 0. The fourth-order valence-electron chi connectivity index (χ4n) is 0.904. The molecule has 1 heterocycles. The van der Waals surface area contributed by atoms with Crippen LogP contribution in [0.3, 0.4) is 0 Å². The lowest BCUT2D eigenvalue weighted by Gasteiger charge is -2.04. The first kappa shape index (κ1) is 7.12. The highest BCUT2D eigenvalue weighted by molar-refractivity contribution is 5.41. The van der Waals surface area contributed by atoms with E-state index in [9.17, 15) is 0 Å². The van der Waals surface area contributed by atoms with Crippen molar-refractivity contribution >= 4 is 5.69 Å². The lowest BCUT2D eigenvalue weighted by atomic mass is 10.0. The molecule has 1 atom stereocenters. The van der Waals surface area contributed by atoms with E-state index in [0.29, 0.717) is 5.92 Å². The van der Waals surface area contributed by atoms with Crippen LogP contribution in [-0.2, 0) is 0 Å². The maximum atomic E-state index is 5.62. The zero-order chi connectivity index (χ0) is 7.56. The molecule has 10 heavy (non-hydrogen) atoms. The maximum absolute atomic E-state index is 5.62. The minimum atomic E-state index is 0.488. The molecule has 1 aromatic rings. The van der Waals surface area contributed by atoms with E-state index < -0.39 is 0 Å². The molecular formula is C7H13N3. The van der Waals surface area contributed by atoms with Gasteiger partial charge in [-0.1, -0.05) is 13.8 Å². The van der Waals surface area contributed by atoms with Crippen molar-refractivity contribution in [3.63, 3.8) is 0 Å². The first-order chi connectivity index (χ1) is 4.75. The number of hydrogen-bond acceptors (Lipinski definition) is 2. The zero-order valence-corrected chi connectivity index (χ0v) is 6.39. The number of nitrogen functional groups attached to an aromatic ring is 1. The number of nitrogens with one attached hydrogen (secondary N) is 1. The van der Waals surface area contributed by atoms with Crippen molar-refractivity contribution in [3.05, 3.63) is 11.9 Å². The van der Waals surface area contributed by atoms with Crippen LogP contribution in [-0.4, -0.2) is 10.2 Å². The van der Waals surface area contributed by atoms with E-state index in [2.05, 4.69) is 24.0 Å². The third kappa shape index (κ3) is 1.12. The Balaban J connectivity index is 2.82. The quantitative estimate of drug-likeness (QED) is 0.652. The van der Waals surface area contributed by atoms with Gasteiger partial charge in [-0.2, -0.15) is 5.10 Å². The van der Waals surface area contributed by atoms with Crippen molar-refractivity contribution in [2.75, 3.05) is 5.73 Å². The summed E-state index contributed by atoms with van der Waals surface area (Å²) in [5.74, 6) is 0.488. The van der Waals surface area contributed by atoms with Gasteiger partial charge >= 0.3 is 0 Å². The highest BCUT2D eigenvalue weighted by atomic mass is 15.1. The summed E-state index contributed by atoms with van der Waals surface area (Å²) in [5.41, 5.74) is 7.45. The summed E-state index contributed by atoms with van der Waals surface area (Å²) in [6.07, 6.45) is 2.74. The van der Waals surface area contributed by atoms with E-state index in [0.717, 1.165) is 17.8 Å². The van der Waals surface area contributed by atoms with Gasteiger partial charge in [-0.3, -0.25) is 5.10 Å². The number of nitrogens with two attached hydrogens (primary N) is 1. The summed E-state index contributed by atoms with van der Waals surface area (Å²) in [4.78, 5) is 0. The Morgan fingerprint density at radius 1 is 1.80 bits per heavy atom. The summed E-state index contributed by atoms with van der Waals surface area (Å²) in [6, 6.07) is 0. The summed E-state index contributed by atoms with van der Waals surface area (Å²) >= 11 is 0. The molecule has 0 aliphatic rings. The van der Waals surface area contributed by atoms with E-state index in [-0.39, 0.29) is 0 Å². The van der Waals surface area contributed by atoms with Crippen molar-refractivity contribution in [1.29, 1.82) is 0 Å². The van der Waals surface area contributed by atoms with Crippen LogP contribution < -0.4 is 5.73 Å². The average Bonchev–Trinajstić information content (AvgIpc) is 2.34. The van der Waals surface area contributed by atoms with Crippen LogP contribution in [0.2, 0.25) is 0 Å². The zero-order valence-electron chi connectivity index (χ0n) is 6.39. The van der Waals surface area contributed by atoms with Crippen LogP contribution in [0.15, 0.2) is 6.20 Å². The van der Waals surface area contributed by atoms with Gasteiger partial charge in [-0.05, 0) is 12.3 Å². The number of hydrogen-bond donors (Lipinski definition) is 2. The predicted molar refractivity (Wildman–Crippen MR) is 41.7 cm³/mol. The van der Waals surface area contributed by atoms with Crippen molar-refractivity contribution < 1.29 is 0 Å². The third-order valence-corrected chi connectivity index (χ3v) is 1.80. The van der Waals surface area contributed by atoms with Gasteiger partial charge in [0.15, 0.2) is 0 Å². The lowest BCUT2D eigenvalue weighted by molar-refractivity contribution is 0.705. The molecule has 0 aromatic carbocycles. The van der Waals surface area contributed by atoms with E-state index in [1.54, 1.807) is 6.20 Å². The van der Waals surface area contributed by atoms with Crippen molar-refractivity contribution in [2.45, 2.75) is 26.2 Å². The molecule has 0 aliphatic heterocycles. The van der Waals surface area contributed by atoms with Gasteiger partial charge in [-0.25, -0.2) is 0 Å². The lowest BCUT2D eigenvalue weighted by Crippen LogP contribution is -1.96. The molecule has 56 valence electrons. The first-order valence-electron chi connectivity index (χ1n) is 3.54. The standard InChI is InChI=1S/C7H13N3/c1-3-5(2)7-6(8)4-9-10-7/h4-5H,3,8H2,1-2H3,(H,9,10). The Kier molecular flexibility index (Phi) is 1.94. The van der Waals surface area contributed by atoms with Crippen LogP contribution in [0, 0.1) is 0 Å². The molecule has 0 saturated heterocycles. The molecular weight excluding hydrogens is 126 g/mol. The highest BCUT2D eigenvalue weighted by Crippen LogP contribution is 2.20. The van der Waals surface area contributed by atoms with Crippen LogP contribution in [0.25, 0.3) is 0 Å². The second-order valence-corrected chi connectivity index (χ2v) is 2.55. The second kappa shape index (κ2) is 2.73.